The van der Waals surface area contributed by atoms with Crippen LogP contribution in [0.25, 0.3) is 0 Å². The molecule has 1 atom stereocenters. The predicted octanol–water partition coefficient (Wildman–Crippen LogP) is 2.37. The van der Waals surface area contributed by atoms with Crippen molar-refractivity contribution in [2.45, 2.75) is 12.5 Å². The molecule has 78 valence electrons. The molecule has 0 radical (unpaired) electrons. The third-order valence-electron chi connectivity index (χ3n) is 2.38. The Kier molecular flexibility index (Phi) is 2.72. The molecule has 1 unspecified atom stereocenters. The van der Waals surface area contributed by atoms with Gasteiger partial charge in [-0.25, -0.2) is 0 Å². The molecule has 1 aromatic rings. The van der Waals surface area contributed by atoms with Gasteiger partial charge in [-0.3, -0.25) is 0 Å². The molecule has 15 heavy (non-hydrogen) atoms. The molecule has 0 amide bonds. The Morgan fingerprint density at radius 2 is 2.20 bits per heavy atom. The summed E-state index contributed by atoms with van der Waals surface area (Å²) in [4.78, 5) is 5.16. The summed E-state index contributed by atoms with van der Waals surface area (Å²) in [6, 6.07) is 7.79. The monoisotopic (exact) mass is 203 g/mol. The summed E-state index contributed by atoms with van der Waals surface area (Å²) in [6.45, 7) is 3.68. The lowest BCUT2D eigenvalue weighted by Crippen LogP contribution is -2.04. The zero-order valence-electron chi connectivity index (χ0n) is 8.64. The summed E-state index contributed by atoms with van der Waals surface area (Å²) in [6.07, 6.45) is 2.57. The highest BCUT2D eigenvalue weighted by Gasteiger charge is 2.18. The van der Waals surface area contributed by atoms with Gasteiger partial charge in [0.05, 0.1) is 12.8 Å². The Balaban J connectivity index is 2.14. The number of nitrogens with zero attached hydrogens (tertiary/aromatic N) is 1. The molecule has 0 aromatic heterocycles. The van der Waals surface area contributed by atoms with Crippen molar-refractivity contribution in [3.8, 4) is 5.75 Å². The minimum atomic E-state index is 0.0158. The van der Waals surface area contributed by atoms with Crippen LogP contribution < -0.4 is 4.74 Å². The SMILES string of the molecule is C=CC1CC(c2ccc(OC)cc2)=NO1. The first-order chi connectivity index (χ1) is 7.33. The second-order valence-corrected chi connectivity index (χ2v) is 3.35. The van der Waals surface area contributed by atoms with Crippen molar-refractivity contribution >= 4 is 5.71 Å². The summed E-state index contributed by atoms with van der Waals surface area (Å²) in [5, 5.41) is 4.02. The van der Waals surface area contributed by atoms with Gasteiger partial charge in [0.25, 0.3) is 0 Å². The van der Waals surface area contributed by atoms with Gasteiger partial charge >= 0.3 is 0 Å². The third kappa shape index (κ3) is 2.01. The molecule has 3 heteroatoms. The standard InChI is InChI=1S/C12H13NO2/c1-3-10-8-12(13-15-10)9-4-6-11(14-2)7-5-9/h3-7,10H,1,8H2,2H3. The molecule has 1 heterocycles. The highest BCUT2D eigenvalue weighted by atomic mass is 16.6. The van der Waals surface area contributed by atoms with Gasteiger partial charge in [0, 0.05) is 6.42 Å². The maximum absolute atomic E-state index is 5.16. The summed E-state index contributed by atoms with van der Waals surface area (Å²) in [5.74, 6) is 0.846. The third-order valence-corrected chi connectivity index (χ3v) is 2.38. The Bertz CT molecular complexity index is 381. The minimum absolute atomic E-state index is 0.0158. The molecule has 3 nitrogen and oxygen atoms in total. The van der Waals surface area contributed by atoms with Gasteiger partial charge in [-0.2, -0.15) is 0 Å². The molecule has 1 aliphatic heterocycles. The lowest BCUT2D eigenvalue weighted by molar-refractivity contribution is 0.120. The van der Waals surface area contributed by atoms with Crippen molar-refractivity contribution in [3.05, 3.63) is 42.5 Å². The molecule has 0 fully saturated rings. The van der Waals surface area contributed by atoms with E-state index < -0.39 is 0 Å². The fraction of sp³-hybridized carbons (Fsp3) is 0.250. The summed E-state index contributed by atoms with van der Waals surface area (Å²) in [5.41, 5.74) is 2.03. The quantitative estimate of drug-likeness (QED) is 0.706. The van der Waals surface area contributed by atoms with E-state index in [9.17, 15) is 0 Å². The first-order valence-electron chi connectivity index (χ1n) is 4.83. The van der Waals surface area contributed by atoms with Crippen LogP contribution in [0.1, 0.15) is 12.0 Å². The van der Waals surface area contributed by atoms with Gasteiger partial charge in [0.15, 0.2) is 6.10 Å². The fourth-order valence-corrected chi connectivity index (χ4v) is 1.48. The van der Waals surface area contributed by atoms with Gasteiger partial charge in [-0.05, 0) is 35.9 Å². The molecule has 0 saturated carbocycles. The van der Waals surface area contributed by atoms with E-state index in [-0.39, 0.29) is 6.10 Å². The molecule has 0 spiro atoms. The second-order valence-electron chi connectivity index (χ2n) is 3.35. The zero-order valence-corrected chi connectivity index (χ0v) is 8.64. The van der Waals surface area contributed by atoms with E-state index in [1.807, 2.05) is 24.3 Å². The summed E-state index contributed by atoms with van der Waals surface area (Å²) < 4.78 is 5.09. The Labute approximate surface area is 89.0 Å². The maximum Gasteiger partial charge on any atom is 0.151 e. The van der Waals surface area contributed by atoms with Gasteiger partial charge in [-0.1, -0.05) is 11.7 Å². The van der Waals surface area contributed by atoms with E-state index in [1.165, 1.54) is 0 Å². The highest BCUT2D eigenvalue weighted by Crippen LogP contribution is 2.19. The molecule has 0 aliphatic carbocycles. The molecule has 0 N–H and O–H groups in total. The van der Waals surface area contributed by atoms with Crippen molar-refractivity contribution in [2.75, 3.05) is 7.11 Å². The van der Waals surface area contributed by atoms with E-state index in [0.29, 0.717) is 0 Å². The predicted molar refractivity (Wildman–Crippen MR) is 59.2 cm³/mol. The minimum Gasteiger partial charge on any atom is -0.497 e. The number of hydrogen-bond acceptors (Lipinski definition) is 3. The Morgan fingerprint density at radius 3 is 2.73 bits per heavy atom. The van der Waals surface area contributed by atoms with Crippen molar-refractivity contribution in [3.63, 3.8) is 0 Å². The van der Waals surface area contributed by atoms with Gasteiger partial charge in [0.2, 0.25) is 0 Å². The van der Waals surface area contributed by atoms with Crippen LogP contribution in [0.3, 0.4) is 0 Å². The summed E-state index contributed by atoms with van der Waals surface area (Å²) in [7, 11) is 1.65. The van der Waals surface area contributed by atoms with Gasteiger partial charge < -0.3 is 9.57 Å². The number of ether oxygens (including phenoxy) is 1. The lowest BCUT2D eigenvalue weighted by atomic mass is 10.1. The normalized spacial score (nSPS) is 19.3. The summed E-state index contributed by atoms with van der Waals surface area (Å²) >= 11 is 0. The first kappa shape index (κ1) is 9.77. The molecule has 1 aromatic carbocycles. The zero-order chi connectivity index (χ0) is 10.7. The number of benzene rings is 1. The average molecular weight is 203 g/mol. The smallest absolute Gasteiger partial charge is 0.151 e. The Morgan fingerprint density at radius 1 is 1.47 bits per heavy atom. The van der Waals surface area contributed by atoms with E-state index >= 15 is 0 Å². The van der Waals surface area contributed by atoms with Crippen LogP contribution in [0, 0.1) is 0 Å². The van der Waals surface area contributed by atoms with Gasteiger partial charge in [-0.15, -0.1) is 0 Å². The van der Waals surface area contributed by atoms with Crippen LogP contribution in [-0.4, -0.2) is 18.9 Å². The number of methoxy groups -OCH3 is 1. The highest BCUT2D eigenvalue weighted by molar-refractivity contribution is 6.01. The lowest BCUT2D eigenvalue weighted by Gasteiger charge is -2.01. The van der Waals surface area contributed by atoms with Crippen molar-refractivity contribution in [1.29, 1.82) is 0 Å². The van der Waals surface area contributed by atoms with E-state index in [2.05, 4.69) is 11.7 Å². The van der Waals surface area contributed by atoms with Crippen LogP contribution in [-0.2, 0) is 4.84 Å². The number of rotatable bonds is 3. The topological polar surface area (TPSA) is 30.8 Å². The van der Waals surface area contributed by atoms with Crippen molar-refractivity contribution < 1.29 is 9.57 Å². The van der Waals surface area contributed by atoms with Gasteiger partial charge in [0.1, 0.15) is 5.75 Å². The van der Waals surface area contributed by atoms with Crippen molar-refractivity contribution in [1.82, 2.24) is 0 Å². The number of hydrogen-bond donors (Lipinski definition) is 0. The van der Waals surface area contributed by atoms with Crippen LogP contribution in [0.4, 0.5) is 0 Å². The van der Waals surface area contributed by atoms with Crippen LogP contribution in [0.2, 0.25) is 0 Å². The average Bonchev–Trinajstić information content (AvgIpc) is 2.78. The fourth-order valence-electron chi connectivity index (χ4n) is 1.48. The van der Waals surface area contributed by atoms with Crippen LogP contribution >= 0.6 is 0 Å². The molecule has 1 aliphatic rings. The van der Waals surface area contributed by atoms with Crippen LogP contribution in [0.15, 0.2) is 42.1 Å². The van der Waals surface area contributed by atoms with E-state index in [4.69, 9.17) is 9.57 Å². The second kappa shape index (κ2) is 4.17. The molecular formula is C12H13NO2. The number of oxime groups is 1. The van der Waals surface area contributed by atoms with E-state index in [0.717, 1.165) is 23.4 Å². The first-order valence-corrected chi connectivity index (χ1v) is 4.83. The molecule has 0 bridgehead atoms. The molecule has 2 rings (SSSR count). The van der Waals surface area contributed by atoms with E-state index in [1.54, 1.807) is 13.2 Å². The molecule has 0 saturated heterocycles. The molecular weight excluding hydrogens is 190 g/mol. The van der Waals surface area contributed by atoms with Crippen LogP contribution in [0.5, 0.6) is 5.75 Å². The maximum atomic E-state index is 5.16. The largest absolute Gasteiger partial charge is 0.497 e. The van der Waals surface area contributed by atoms with Crippen molar-refractivity contribution in [2.24, 2.45) is 5.16 Å². The Hall–Kier alpha value is -1.77.